The molecule has 1 rings (SSSR count). The third-order valence-electron chi connectivity index (χ3n) is 3.27. The number of hydrogen-bond acceptors (Lipinski definition) is 3. The molecule has 0 bridgehead atoms. The molecule has 0 saturated heterocycles. The van der Waals surface area contributed by atoms with Crippen molar-refractivity contribution in [1.29, 1.82) is 0 Å². The molecule has 3 N–H and O–H groups in total. The van der Waals surface area contributed by atoms with Crippen LogP contribution in [0.25, 0.3) is 0 Å². The van der Waals surface area contributed by atoms with Gasteiger partial charge in [-0.1, -0.05) is 33.3 Å². The maximum absolute atomic E-state index is 9.58. The van der Waals surface area contributed by atoms with Crippen LogP contribution in [0.1, 0.15) is 50.4 Å². The Morgan fingerprint density at radius 2 is 2.16 bits per heavy atom. The van der Waals surface area contributed by atoms with E-state index >= 15 is 0 Å². The molecule has 0 saturated carbocycles. The predicted molar refractivity (Wildman–Crippen MR) is 83.7 cm³/mol. The molecule has 0 aliphatic heterocycles. The van der Waals surface area contributed by atoms with Gasteiger partial charge in [-0.25, -0.2) is 0 Å². The third kappa shape index (κ3) is 4.88. The van der Waals surface area contributed by atoms with Gasteiger partial charge in [-0.15, -0.1) is 0 Å². The standard InChI is InChI=1S/C15H24N2OS/c1-4-5-6-11-7-12(8-15(2,3)10-16)13(14(18)19)17-9-11/h7,9H,4-6,8,10,16H2,1-3H3,(H,18,19). The van der Waals surface area contributed by atoms with Crippen LogP contribution in [0.3, 0.4) is 0 Å². The number of nitrogens with zero attached hydrogens (tertiary/aromatic N) is 1. The summed E-state index contributed by atoms with van der Waals surface area (Å²) in [5.41, 5.74) is 8.48. The van der Waals surface area contributed by atoms with E-state index < -0.39 is 0 Å². The summed E-state index contributed by atoms with van der Waals surface area (Å²) in [4.78, 5) is 4.32. The molecular formula is C15H24N2OS. The largest absolute Gasteiger partial charge is 0.497 e. The lowest BCUT2D eigenvalue weighted by molar-refractivity contribution is 0.375. The van der Waals surface area contributed by atoms with Crippen molar-refractivity contribution in [2.24, 2.45) is 11.1 Å². The van der Waals surface area contributed by atoms with E-state index in [0.29, 0.717) is 12.2 Å². The number of pyridine rings is 1. The number of aliphatic hydroxyl groups excluding tert-OH is 1. The van der Waals surface area contributed by atoms with Gasteiger partial charge in [-0.2, -0.15) is 0 Å². The van der Waals surface area contributed by atoms with Crippen LogP contribution in [0.4, 0.5) is 0 Å². The Labute approximate surface area is 121 Å². The van der Waals surface area contributed by atoms with E-state index in [1.54, 1.807) is 0 Å². The zero-order valence-electron chi connectivity index (χ0n) is 12.1. The first-order valence-electron chi connectivity index (χ1n) is 6.81. The van der Waals surface area contributed by atoms with Crippen molar-refractivity contribution in [1.82, 2.24) is 4.98 Å². The SMILES string of the molecule is CCCCc1cnc(C(O)=S)c(CC(C)(C)CN)c1. The molecule has 19 heavy (non-hydrogen) atoms. The number of hydrogen-bond donors (Lipinski definition) is 2. The minimum atomic E-state index is -0.134. The van der Waals surface area contributed by atoms with Crippen LogP contribution in [0.15, 0.2) is 12.3 Å². The summed E-state index contributed by atoms with van der Waals surface area (Å²) in [6, 6.07) is 2.11. The number of aromatic nitrogens is 1. The van der Waals surface area contributed by atoms with E-state index in [4.69, 9.17) is 18.0 Å². The Kier molecular flexibility index (Phi) is 5.88. The van der Waals surface area contributed by atoms with Crippen molar-refractivity contribution in [2.45, 2.75) is 46.5 Å². The number of thiocarbonyl (C=S) groups is 1. The minimum absolute atomic E-state index is 0.0232. The fourth-order valence-electron chi connectivity index (χ4n) is 1.99. The van der Waals surface area contributed by atoms with E-state index in [2.05, 4.69) is 31.8 Å². The van der Waals surface area contributed by atoms with Crippen molar-refractivity contribution >= 4 is 17.3 Å². The van der Waals surface area contributed by atoms with E-state index in [1.165, 1.54) is 5.56 Å². The van der Waals surface area contributed by atoms with Crippen LogP contribution in [-0.2, 0) is 12.8 Å². The van der Waals surface area contributed by atoms with E-state index in [0.717, 1.165) is 31.2 Å². The van der Waals surface area contributed by atoms with Gasteiger partial charge in [0.2, 0.25) is 5.05 Å². The third-order valence-corrected chi connectivity index (χ3v) is 3.46. The molecule has 0 fully saturated rings. The van der Waals surface area contributed by atoms with Crippen molar-refractivity contribution in [3.05, 3.63) is 29.1 Å². The van der Waals surface area contributed by atoms with Gasteiger partial charge in [0.05, 0.1) is 0 Å². The topological polar surface area (TPSA) is 59.1 Å². The Morgan fingerprint density at radius 1 is 1.47 bits per heavy atom. The number of aryl methyl sites for hydroxylation is 1. The van der Waals surface area contributed by atoms with Crippen molar-refractivity contribution in [3.63, 3.8) is 0 Å². The molecule has 0 radical (unpaired) electrons. The van der Waals surface area contributed by atoms with Crippen LogP contribution >= 0.6 is 12.2 Å². The molecule has 0 unspecified atom stereocenters. The fourth-order valence-corrected chi connectivity index (χ4v) is 2.18. The summed E-state index contributed by atoms with van der Waals surface area (Å²) < 4.78 is 0. The fraction of sp³-hybridized carbons (Fsp3) is 0.600. The summed E-state index contributed by atoms with van der Waals surface area (Å²) in [5, 5.41) is 9.44. The van der Waals surface area contributed by atoms with Gasteiger partial charge in [0.1, 0.15) is 5.69 Å². The number of aliphatic hydroxyl groups is 1. The minimum Gasteiger partial charge on any atom is -0.497 e. The highest BCUT2D eigenvalue weighted by atomic mass is 32.1. The Morgan fingerprint density at radius 3 is 2.68 bits per heavy atom. The smallest absolute Gasteiger partial charge is 0.207 e. The normalized spacial score (nSPS) is 11.6. The highest BCUT2D eigenvalue weighted by Crippen LogP contribution is 2.23. The second kappa shape index (κ2) is 6.96. The van der Waals surface area contributed by atoms with Crippen LogP contribution in [0.2, 0.25) is 0 Å². The maximum Gasteiger partial charge on any atom is 0.207 e. The molecule has 0 aliphatic rings. The highest BCUT2D eigenvalue weighted by Gasteiger charge is 2.20. The van der Waals surface area contributed by atoms with Gasteiger partial charge in [-0.3, -0.25) is 4.98 Å². The van der Waals surface area contributed by atoms with Gasteiger partial charge in [-0.05, 0) is 54.6 Å². The maximum atomic E-state index is 9.58. The van der Waals surface area contributed by atoms with Gasteiger partial charge in [0.25, 0.3) is 0 Å². The van der Waals surface area contributed by atoms with Crippen LogP contribution in [-0.4, -0.2) is 21.7 Å². The Balaban J connectivity index is 3.05. The molecule has 0 amide bonds. The second-order valence-corrected chi connectivity index (χ2v) is 6.19. The summed E-state index contributed by atoms with van der Waals surface area (Å²) in [5.74, 6) is 0. The van der Waals surface area contributed by atoms with Gasteiger partial charge >= 0.3 is 0 Å². The molecule has 1 heterocycles. The summed E-state index contributed by atoms with van der Waals surface area (Å²) in [7, 11) is 0. The average molecular weight is 280 g/mol. The van der Waals surface area contributed by atoms with E-state index in [1.807, 2.05) is 6.20 Å². The number of nitrogens with two attached hydrogens (primary N) is 1. The first kappa shape index (κ1) is 16.1. The first-order valence-corrected chi connectivity index (χ1v) is 7.21. The lowest BCUT2D eigenvalue weighted by Crippen LogP contribution is -2.27. The zero-order chi connectivity index (χ0) is 14.5. The Bertz CT molecular complexity index is 444. The van der Waals surface area contributed by atoms with Gasteiger partial charge in [0, 0.05) is 6.20 Å². The van der Waals surface area contributed by atoms with E-state index in [-0.39, 0.29) is 10.5 Å². The molecule has 0 atom stereocenters. The van der Waals surface area contributed by atoms with Crippen molar-refractivity contribution in [2.75, 3.05) is 6.54 Å². The van der Waals surface area contributed by atoms with E-state index in [9.17, 15) is 5.11 Å². The lowest BCUT2D eigenvalue weighted by Gasteiger charge is -2.23. The molecule has 0 aromatic carbocycles. The number of rotatable bonds is 7. The average Bonchev–Trinajstić information content (AvgIpc) is 2.35. The van der Waals surface area contributed by atoms with Crippen molar-refractivity contribution < 1.29 is 5.11 Å². The molecular weight excluding hydrogens is 256 g/mol. The van der Waals surface area contributed by atoms with Crippen LogP contribution < -0.4 is 5.73 Å². The van der Waals surface area contributed by atoms with Gasteiger partial charge < -0.3 is 10.8 Å². The monoisotopic (exact) mass is 280 g/mol. The quantitative estimate of drug-likeness (QED) is 0.753. The summed E-state index contributed by atoms with van der Waals surface area (Å²) in [6.45, 7) is 6.97. The van der Waals surface area contributed by atoms with Gasteiger partial charge in [0.15, 0.2) is 0 Å². The zero-order valence-corrected chi connectivity index (χ0v) is 12.9. The summed E-state index contributed by atoms with van der Waals surface area (Å²) >= 11 is 4.87. The Hall–Kier alpha value is -1.00. The highest BCUT2D eigenvalue weighted by molar-refractivity contribution is 7.80. The molecule has 4 heteroatoms. The summed E-state index contributed by atoms with van der Waals surface area (Å²) in [6.07, 6.45) is 5.89. The van der Waals surface area contributed by atoms with Crippen LogP contribution in [0.5, 0.6) is 0 Å². The molecule has 106 valence electrons. The molecule has 0 aliphatic carbocycles. The first-order chi connectivity index (χ1) is 8.89. The number of unbranched alkanes of at least 4 members (excludes halogenated alkanes) is 1. The molecule has 1 aromatic heterocycles. The molecule has 0 spiro atoms. The predicted octanol–water partition coefficient (Wildman–Crippen LogP) is 3.19. The second-order valence-electron chi connectivity index (χ2n) is 5.81. The molecule has 1 aromatic rings. The van der Waals surface area contributed by atoms with Crippen molar-refractivity contribution in [3.8, 4) is 0 Å². The lowest BCUT2D eigenvalue weighted by atomic mass is 9.85. The van der Waals surface area contributed by atoms with Crippen LogP contribution in [0, 0.1) is 5.41 Å². The molecule has 3 nitrogen and oxygen atoms in total.